The van der Waals surface area contributed by atoms with Gasteiger partial charge in [0.25, 0.3) is 11.5 Å². The molecule has 0 fully saturated rings. The maximum atomic E-state index is 12.4. The molecule has 1 aromatic heterocycles. The van der Waals surface area contributed by atoms with Crippen LogP contribution in [0.5, 0.6) is 5.88 Å². The fourth-order valence-electron chi connectivity index (χ4n) is 2.27. The SMILES string of the molecule is O=C(Nc1ccccc1)c1c(O)n(-c2ccc(Br)cc2)c(=O)[nH]c1=O. The van der Waals surface area contributed by atoms with E-state index in [9.17, 15) is 19.5 Å². The van der Waals surface area contributed by atoms with Gasteiger partial charge in [-0.25, -0.2) is 9.36 Å². The van der Waals surface area contributed by atoms with E-state index in [0.717, 1.165) is 9.04 Å². The van der Waals surface area contributed by atoms with E-state index in [2.05, 4.69) is 21.2 Å². The van der Waals surface area contributed by atoms with E-state index in [0.29, 0.717) is 11.4 Å². The molecule has 0 radical (unpaired) electrons. The predicted molar refractivity (Wildman–Crippen MR) is 96.4 cm³/mol. The van der Waals surface area contributed by atoms with Crippen LogP contribution in [0, 0.1) is 0 Å². The fraction of sp³-hybridized carbons (Fsp3) is 0. The third-order valence-corrected chi connectivity index (χ3v) is 3.96. The Morgan fingerprint density at radius 1 is 1.04 bits per heavy atom. The molecule has 25 heavy (non-hydrogen) atoms. The van der Waals surface area contributed by atoms with E-state index in [1.165, 1.54) is 0 Å². The molecule has 7 nitrogen and oxygen atoms in total. The highest BCUT2D eigenvalue weighted by atomic mass is 79.9. The highest BCUT2D eigenvalue weighted by Gasteiger charge is 2.22. The molecule has 0 aliphatic rings. The Morgan fingerprint density at radius 2 is 1.68 bits per heavy atom. The van der Waals surface area contributed by atoms with Gasteiger partial charge < -0.3 is 10.4 Å². The van der Waals surface area contributed by atoms with Gasteiger partial charge in [-0.05, 0) is 36.4 Å². The fourth-order valence-corrected chi connectivity index (χ4v) is 2.54. The van der Waals surface area contributed by atoms with Crippen molar-refractivity contribution in [2.75, 3.05) is 5.32 Å². The molecular weight excluding hydrogens is 390 g/mol. The summed E-state index contributed by atoms with van der Waals surface area (Å²) < 4.78 is 1.63. The predicted octanol–water partition coefficient (Wildman–Crippen LogP) is 2.25. The van der Waals surface area contributed by atoms with Crippen LogP contribution in [0.4, 0.5) is 5.69 Å². The number of amides is 1. The summed E-state index contributed by atoms with van der Waals surface area (Å²) in [5.41, 5.74) is -1.61. The van der Waals surface area contributed by atoms with Gasteiger partial charge in [-0.1, -0.05) is 34.1 Å². The highest BCUT2D eigenvalue weighted by molar-refractivity contribution is 9.10. The number of para-hydroxylation sites is 1. The van der Waals surface area contributed by atoms with Crippen molar-refractivity contribution in [3.8, 4) is 11.6 Å². The molecule has 0 atom stereocenters. The summed E-state index contributed by atoms with van der Waals surface area (Å²) in [5.74, 6) is -1.56. The van der Waals surface area contributed by atoms with Gasteiger partial charge >= 0.3 is 5.69 Å². The number of halogens is 1. The number of rotatable bonds is 3. The molecule has 1 heterocycles. The van der Waals surface area contributed by atoms with Crippen LogP contribution < -0.4 is 16.6 Å². The van der Waals surface area contributed by atoms with Crippen molar-refractivity contribution in [2.24, 2.45) is 0 Å². The lowest BCUT2D eigenvalue weighted by molar-refractivity contribution is 0.102. The van der Waals surface area contributed by atoms with E-state index in [1.54, 1.807) is 54.6 Å². The zero-order valence-corrected chi connectivity index (χ0v) is 14.3. The molecule has 1 amide bonds. The third kappa shape index (κ3) is 3.38. The van der Waals surface area contributed by atoms with Gasteiger partial charge in [-0.15, -0.1) is 0 Å². The van der Waals surface area contributed by atoms with Gasteiger partial charge in [0, 0.05) is 10.2 Å². The number of aromatic amines is 1. The average Bonchev–Trinajstić information content (AvgIpc) is 2.57. The van der Waals surface area contributed by atoms with E-state index < -0.39 is 28.6 Å². The van der Waals surface area contributed by atoms with Gasteiger partial charge in [-0.3, -0.25) is 14.6 Å². The monoisotopic (exact) mass is 401 g/mol. The standard InChI is InChI=1S/C17H12BrN3O4/c18-10-6-8-12(9-7-10)21-16(24)13(15(23)20-17(21)25)14(22)19-11-4-2-1-3-5-11/h1-9,24H,(H,19,22)(H,20,23,25). The Bertz CT molecular complexity index is 1040. The second kappa shape index (κ2) is 6.78. The van der Waals surface area contributed by atoms with Crippen LogP contribution in [0.1, 0.15) is 10.4 Å². The lowest BCUT2D eigenvalue weighted by atomic mass is 10.2. The number of H-pyrrole nitrogens is 1. The molecular formula is C17H12BrN3O4. The number of benzene rings is 2. The summed E-state index contributed by atoms with van der Waals surface area (Å²) in [4.78, 5) is 38.6. The number of carbonyl (C=O) groups is 1. The summed E-state index contributed by atoms with van der Waals surface area (Å²) in [6.45, 7) is 0. The minimum absolute atomic E-state index is 0.302. The van der Waals surface area contributed by atoms with Crippen LogP contribution >= 0.6 is 15.9 Å². The van der Waals surface area contributed by atoms with Crippen LogP contribution in [-0.4, -0.2) is 20.6 Å². The molecule has 0 aliphatic carbocycles. The number of carbonyl (C=O) groups excluding carboxylic acids is 1. The van der Waals surface area contributed by atoms with E-state index in [4.69, 9.17) is 0 Å². The topological polar surface area (TPSA) is 104 Å². The summed E-state index contributed by atoms with van der Waals surface area (Å²) in [6, 6.07) is 14.9. The first-order valence-corrected chi connectivity index (χ1v) is 7.97. The van der Waals surface area contributed by atoms with Crippen molar-refractivity contribution in [1.29, 1.82) is 0 Å². The maximum Gasteiger partial charge on any atom is 0.335 e. The molecule has 3 aromatic rings. The largest absolute Gasteiger partial charge is 0.493 e. The van der Waals surface area contributed by atoms with Crippen molar-refractivity contribution < 1.29 is 9.90 Å². The molecule has 3 N–H and O–H groups in total. The normalized spacial score (nSPS) is 10.4. The van der Waals surface area contributed by atoms with E-state index >= 15 is 0 Å². The number of hydrogen-bond acceptors (Lipinski definition) is 4. The first kappa shape index (κ1) is 16.7. The van der Waals surface area contributed by atoms with E-state index in [-0.39, 0.29) is 0 Å². The number of nitrogens with one attached hydrogen (secondary N) is 2. The lowest BCUT2D eigenvalue weighted by Crippen LogP contribution is -2.34. The number of anilines is 1. The first-order valence-electron chi connectivity index (χ1n) is 7.18. The Labute approximate surface area is 149 Å². The van der Waals surface area contributed by atoms with Gasteiger partial charge in [0.2, 0.25) is 5.88 Å². The molecule has 0 unspecified atom stereocenters. The molecule has 3 rings (SSSR count). The first-order chi connectivity index (χ1) is 12.0. The zero-order chi connectivity index (χ0) is 18.0. The molecule has 0 spiro atoms. The second-order valence-electron chi connectivity index (χ2n) is 5.09. The van der Waals surface area contributed by atoms with Crippen molar-refractivity contribution >= 4 is 27.5 Å². The molecule has 0 saturated carbocycles. The molecule has 8 heteroatoms. The molecule has 0 aliphatic heterocycles. The summed E-state index contributed by atoms with van der Waals surface area (Å²) in [5, 5.41) is 12.9. The zero-order valence-electron chi connectivity index (χ0n) is 12.7. The van der Waals surface area contributed by atoms with Gasteiger partial charge in [-0.2, -0.15) is 0 Å². The highest BCUT2D eigenvalue weighted by Crippen LogP contribution is 2.19. The maximum absolute atomic E-state index is 12.4. The van der Waals surface area contributed by atoms with Crippen LogP contribution in [0.25, 0.3) is 5.69 Å². The van der Waals surface area contributed by atoms with Gasteiger partial charge in [0.1, 0.15) is 0 Å². The van der Waals surface area contributed by atoms with Crippen molar-refractivity contribution in [1.82, 2.24) is 9.55 Å². The summed E-state index contributed by atoms with van der Waals surface area (Å²) in [6.07, 6.45) is 0. The Hall–Kier alpha value is -3.13. The van der Waals surface area contributed by atoms with Crippen molar-refractivity contribution in [3.63, 3.8) is 0 Å². The Kier molecular flexibility index (Phi) is 4.53. The quantitative estimate of drug-likeness (QED) is 0.625. The number of nitrogens with zero attached hydrogens (tertiary/aromatic N) is 1. The lowest BCUT2D eigenvalue weighted by Gasteiger charge is -2.11. The smallest absolute Gasteiger partial charge is 0.335 e. The van der Waals surface area contributed by atoms with Crippen LogP contribution in [0.3, 0.4) is 0 Å². The second-order valence-corrected chi connectivity index (χ2v) is 6.01. The van der Waals surface area contributed by atoms with E-state index in [1.807, 2.05) is 4.98 Å². The summed E-state index contributed by atoms with van der Waals surface area (Å²) in [7, 11) is 0. The number of aromatic hydroxyl groups is 1. The van der Waals surface area contributed by atoms with Crippen LogP contribution in [0.2, 0.25) is 0 Å². The number of aromatic nitrogens is 2. The Morgan fingerprint density at radius 3 is 2.32 bits per heavy atom. The molecule has 0 bridgehead atoms. The molecule has 2 aromatic carbocycles. The Balaban J connectivity index is 2.10. The third-order valence-electron chi connectivity index (χ3n) is 3.43. The minimum atomic E-state index is -0.968. The van der Waals surface area contributed by atoms with Crippen molar-refractivity contribution in [3.05, 3.63) is 85.5 Å². The average molecular weight is 402 g/mol. The summed E-state index contributed by atoms with van der Waals surface area (Å²) >= 11 is 3.27. The molecule has 0 saturated heterocycles. The van der Waals surface area contributed by atoms with Crippen LogP contribution in [0.15, 0.2) is 68.7 Å². The van der Waals surface area contributed by atoms with Crippen LogP contribution in [-0.2, 0) is 0 Å². The van der Waals surface area contributed by atoms with Crippen molar-refractivity contribution in [2.45, 2.75) is 0 Å². The van der Waals surface area contributed by atoms with Gasteiger partial charge in [0.15, 0.2) is 5.56 Å². The minimum Gasteiger partial charge on any atom is -0.493 e. The number of hydrogen-bond donors (Lipinski definition) is 3. The van der Waals surface area contributed by atoms with Gasteiger partial charge in [0.05, 0.1) is 5.69 Å². The molecule has 126 valence electrons.